The lowest BCUT2D eigenvalue weighted by Gasteiger charge is -2.28. The van der Waals surface area contributed by atoms with Gasteiger partial charge >= 0.3 is 0 Å². The van der Waals surface area contributed by atoms with E-state index in [4.69, 9.17) is 5.73 Å². The predicted molar refractivity (Wildman–Crippen MR) is 63.8 cm³/mol. The third kappa shape index (κ3) is 2.95. The van der Waals surface area contributed by atoms with E-state index in [9.17, 15) is 9.90 Å². The lowest BCUT2D eigenvalue weighted by Crippen LogP contribution is -2.48. The van der Waals surface area contributed by atoms with Gasteiger partial charge in [0.05, 0.1) is 18.7 Å². The number of nitrogens with zero attached hydrogens (tertiary/aromatic N) is 1. The van der Waals surface area contributed by atoms with E-state index in [0.29, 0.717) is 18.3 Å². The Morgan fingerprint density at radius 2 is 2.19 bits per heavy atom. The molecule has 0 saturated carbocycles. The van der Waals surface area contributed by atoms with Crippen LogP contribution in [0.15, 0.2) is 0 Å². The van der Waals surface area contributed by atoms with E-state index in [0.717, 1.165) is 13.0 Å². The molecule has 1 saturated heterocycles. The Morgan fingerprint density at radius 3 is 2.69 bits per heavy atom. The van der Waals surface area contributed by atoms with E-state index in [-0.39, 0.29) is 18.6 Å². The normalized spacial score (nSPS) is 27.5. The summed E-state index contributed by atoms with van der Waals surface area (Å²) >= 11 is 0. The van der Waals surface area contributed by atoms with Gasteiger partial charge < -0.3 is 15.7 Å². The number of amides is 1. The highest BCUT2D eigenvalue weighted by molar-refractivity contribution is 5.82. The molecule has 1 amide bonds. The maximum atomic E-state index is 12.1. The van der Waals surface area contributed by atoms with Crippen molar-refractivity contribution in [2.45, 2.75) is 45.7 Å². The van der Waals surface area contributed by atoms with Crippen molar-refractivity contribution in [3.05, 3.63) is 0 Å². The van der Waals surface area contributed by atoms with E-state index in [2.05, 4.69) is 20.8 Å². The molecule has 3 atom stereocenters. The molecular formula is C12H24N2O2. The van der Waals surface area contributed by atoms with Crippen LogP contribution in [-0.4, -0.2) is 41.1 Å². The van der Waals surface area contributed by atoms with Gasteiger partial charge in [0.25, 0.3) is 0 Å². The first-order valence-corrected chi connectivity index (χ1v) is 6.14. The minimum Gasteiger partial charge on any atom is -0.394 e. The second-order valence-electron chi connectivity index (χ2n) is 5.28. The first-order valence-electron chi connectivity index (χ1n) is 6.14. The fourth-order valence-corrected chi connectivity index (χ4v) is 2.38. The Balaban J connectivity index is 2.59. The van der Waals surface area contributed by atoms with Crippen LogP contribution >= 0.6 is 0 Å². The molecule has 2 unspecified atom stereocenters. The lowest BCUT2D eigenvalue weighted by atomic mass is 10.0. The monoisotopic (exact) mass is 228 g/mol. The zero-order chi connectivity index (χ0) is 12.3. The summed E-state index contributed by atoms with van der Waals surface area (Å²) in [7, 11) is 0. The molecular weight excluding hydrogens is 204 g/mol. The van der Waals surface area contributed by atoms with Crippen LogP contribution in [0.5, 0.6) is 0 Å². The number of aliphatic hydroxyl groups excluding tert-OH is 1. The van der Waals surface area contributed by atoms with Crippen molar-refractivity contribution in [1.29, 1.82) is 0 Å². The fraction of sp³-hybridized carbons (Fsp3) is 0.917. The highest BCUT2D eigenvalue weighted by atomic mass is 16.3. The second kappa shape index (κ2) is 5.64. The van der Waals surface area contributed by atoms with Gasteiger partial charge in [-0.15, -0.1) is 0 Å². The summed E-state index contributed by atoms with van der Waals surface area (Å²) in [6, 6.07) is -0.454. The summed E-state index contributed by atoms with van der Waals surface area (Å²) in [5, 5.41) is 9.28. The summed E-state index contributed by atoms with van der Waals surface area (Å²) < 4.78 is 0. The molecule has 1 aliphatic rings. The van der Waals surface area contributed by atoms with Crippen molar-refractivity contribution in [3.63, 3.8) is 0 Å². The highest BCUT2D eigenvalue weighted by Gasteiger charge is 2.35. The SMILES string of the molecule is CC(C)C[C@@H](N)C(=O)N1CCC(C)C1CO. The molecule has 0 aromatic heterocycles. The molecule has 4 nitrogen and oxygen atoms in total. The standard InChI is InChI=1S/C12H24N2O2/c1-8(2)6-10(13)12(16)14-5-4-9(3)11(14)7-15/h8-11,15H,4-7,13H2,1-3H3/t9?,10-,11?/m1/s1. The number of likely N-dealkylation sites (tertiary alicyclic amines) is 1. The van der Waals surface area contributed by atoms with Crippen molar-refractivity contribution in [3.8, 4) is 0 Å². The first-order chi connectivity index (χ1) is 7.47. The molecule has 0 aliphatic carbocycles. The van der Waals surface area contributed by atoms with Crippen LogP contribution in [0.1, 0.15) is 33.6 Å². The highest BCUT2D eigenvalue weighted by Crippen LogP contribution is 2.24. The Hall–Kier alpha value is -0.610. The zero-order valence-corrected chi connectivity index (χ0v) is 10.5. The van der Waals surface area contributed by atoms with Crippen LogP contribution in [0.4, 0.5) is 0 Å². The molecule has 1 fully saturated rings. The number of carbonyl (C=O) groups is 1. The number of carbonyl (C=O) groups excluding carboxylic acids is 1. The van der Waals surface area contributed by atoms with Gasteiger partial charge in [-0.1, -0.05) is 20.8 Å². The molecule has 0 radical (unpaired) electrons. The van der Waals surface area contributed by atoms with E-state index < -0.39 is 6.04 Å². The molecule has 0 spiro atoms. The number of hydrogen-bond donors (Lipinski definition) is 2. The molecule has 0 aromatic rings. The third-order valence-electron chi connectivity index (χ3n) is 3.40. The lowest BCUT2D eigenvalue weighted by molar-refractivity contribution is -0.134. The van der Waals surface area contributed by atoms with Gasteiger partial charge in [-0.05, 0) is 24.7 Å². The van der Waals surface area contributed by atoms with E-state index in [1.54, 1.807) is 4.90 Å². The summed E-state index contributed by atoms with van der Waals surface area (Å²) in [6.45, 7) is 6.97. The molecule has 0 aromatic carbocycles. The quantitative estimate of drug-likeness (QED) is 0.740. The third-order valence-corrected chi connectivity index (χ3v) is 3.40. The van der Waals surface area contributed by atoms with Gasteiger partial charge in [-0.25, -0.2) is 0 Å². The van der Waals surface area contributed by atoms with Crippen LogP contribution in [-0.2, 0) is 4.79 Å². The smallest absolute Gasteiger partial charge is 0.239 e. The van der Waals surface area contributed by atoms with Crippen LogP contribution in [0.3, 0.4) is 0 Å². The van der Waals surface area contributed by atoms with Gasteiger partial charge in [-0.3, -0.25) is 4.79 Å². The molecule has 1 aliphatic heterocycles. The molecule has 4 heteroatoms. The minimum absolute atomic E-state index is 0.00269. The average molecular weight is 228 g/mol. The van der Waals surface area contributed by atoms with Gasteiger partial charge in [0, 0.05) is 6.54 Å². The molecule has 16 heavy (non-hydrogen) atoms. The second-order valence-corrected chi connectivity index (χ2v) is 5.28. The van der Waals surface area contributed by atoms with Crippen molar-refractivity contribution < 1.29 is 9.90 Å². The van der Waals surface area contributed by atoms with E-state index in [1.165, 1.54) is 0 Å². The Morgan fingerprint density at radius 1 is 1.56 bits per heavy atom. The Bertz CT molecular complexity index is 243. The topological polar surface area (TPSA) is 66.6 Å². The van der Waals surface area contributed by atoms with Crippen LogP contribution in [0.25, 0.3) is 0 Å². The molecule has 1 heterocycles. The molecule has 1 rings (SSSR count). The summed E-state index contributed by atoms with van der Waals surface area (Å²) in [5.41, 5.74) is 5.89. The predicted octanol–water partition coefficient (Wildman–Crippen LogP) is 0.589. The molecule has 3 N–H and O–H groups in total. The Labute approximate surface area is 97.8 Å². The zero-order valence-electron chi connectivity index (χ0n) is 10.5. The average Bonchev–Trinajstić information content (AvgIpc) is 2.57. The summed E-state index contributed by atoms with van der Waals surface area (Å²) in [4.78, 5) is 13.8. The number of aliphatic hydroxyl groups is 1. The summed E-state index contributed by atoms with van der Waals surface area (Å²) in [6.07, 6.45) is 1.67. The van der Waals surface area contributed by atoms with Crippen molar-refractivity contribution in [2.75, 3.05) is 13.2 Å². The van der Waals surface area contributed by atoms with Crippen molar-refractivity contribution >= 4 is 5.91 Å². The van der Waals surface area contributed by atoms with Gasteiger partial charge in [0.2, 0.25) is 5.91 Å². The first kappa shape index (κ1) is 13.5. The van der Waals surface area contributed by atoms with E-state index >= 15 is 0 Å². The maximum Gasteiger partial charge on any atom is 0.239 e. The summed E-state index contributed by atoms with van der Waals surface area (Å²) in [5.74, 6) is 0.795. The molecule has 94 valence electrons. The van der Waals surface area contributed by atoms with Gasteiger partial charge in [0.1, 0.15) is 0 Å². The molecule has 0 bridgehead atoms. The van der Waals surface area contributed by atoms with Crippen LogP contribution < -0.4 is 5.73 Å². The minimum atomic E-state index is -0.417. The largest absolute Gasteiger partial charge is 0.394 e. The van der Waals surface area contributed by atoms with Crippen LogP contribution in [0.2, 0.25) is 0 Å². The van der Waals surface area contributed by atoms with E-state index in [1.807, 2.05) is 0 Å². The van der Waals surface area contributed by atoms with Crippen LogP contribution in [0, 0.1) is 11.8 Å². The number of hydrogen-bond acceptors (Lipinski definition) is 3. The van der Waals surface area contributed by atoms with Gasteiger partial charge in [0.15, 0.2) is 0 Å². The maximum absolute atomic E-state index is 12.1. The Kier molecular flexibility index (Phi) is 4.74. The van der Waals surface area contributed by atoms with Gasteiger partial charge in [-0.2, -0.15) is 0 Å². The number of nitrogens with two attached hydrogens (primary N) is 1. The fourth-order valence-electron chi connectivity index (χ4n) is 2.38. The van der Waals surface area contributed by atoms with Crippen molar-refractivity contribution in [2.24, 2.45) is 17.6 Å². The number of rotatable bonds is 4. The van der Waals surface area contributed by atoms with Crippen molar-refractivity contribution in [1.82, 2.24) is 4.90 Å².